The van der Waals surface area contributed by atoms with E-state index in [4.69, 9.17) is 0 Å². The fourth-order valence-electron chi connectivity index (χ4n) is 3.56. The zero-order valence-corrected chi connectivity index (χ0v) is 16.0. The summed E-state index contributed by atoms with van der Waals surface area (Å²) in [5.74, 6) is 0.0630. The largest absolute Gasteiger partial charge is 0.349 e. The summed E-state index contributed by atoms with van der Waals surface area (Å²) in [6, 6.07) is 13.2. The quantitative estimate of drug-likeness (QED) is 0.795. The van der Waals surface area contributed by atoms with E-state index in [-0.39, 0.29) is 28.1 Å². The van der Waals surface area contributed by atoms with Crippen LogP contribution in [0.25, 0.3) is 0 Å². The maximum atomic E-state index is 12.6. The Balaban J connectivity index is 1.39. The van der Waals surface area contributed by atoms with E-state index in [0.29, 0.717) is 4.88 Å². The fourth-order valence-corrected chi connectivity index (χ4v) is 6.08. The summed E-state index contributed by atoms with van der Waals surface area (Å²) in [5, 5.41) is 3.00. The second-order valence-electron chi connectivity index (χ2n) is 7.05. The number of carbonyl (C=O) groups excluding carboxylic acids is 1. The molecule has 1 aromatic carbocycles. The molecule has 26 heavy (non-hydrogen) atoms. The van der Waals surface area contributed by atoms with E-state index in [9.17, 15) is 13.2 Å². The number of carbonyl (C=O) groups is 1. The van der Waals surface area contributed by atoms with Crippen LogP contribution in [0.4, 0.5) is 0 Å². The van der Waals surface area contributed by atoms with Gasteiger partial charge in [-0.15, -0.1) is 11.3 Å². The number of nitrogens with one attached hydrogen (secondary N) is 2. The lowest BCUT2D eigenvalue weighted by Gasteiger charge is -2.10. The molecule has 1 amide bonds. The molecule has 2 atom stereocenters. The second kappa shape index (κ2) is 7.13. The van der Waals surface area contributed by atoms with Gasteiger partial charge in [-0.3, -0.25) is 4.79 Å². The van der Waals surface area contributed by atoms with Crippen LogP contribution in [-0.4, -0.2) is 26.4 Å². The summed E-state index contributed by atoms with van der Waals surface area (Å²) in [6.07, 6.45) is 5.11. The van der Waals surface area contributed by atoms with Gasteiger partial charge < -0.3 is 5.32 Å². The van der Waals surface area contributed by atoms with E-state index in [2.05, 4.69) is 10.0 Å². The van der Waals surface area contributed by atoms with Crippen LogP contribution >= 0.6 is 11.3 Å². The molecule has 0 radical (unpaired) electrons. The zero-order chi connectivity index (χ0) is 18.1. The lowest BCUT2D eigenvalue weighted by atomic mass is 10.1. The van der Waals surface area contributed by atoms with Crippen molar-refractivity contribution in [3.05, 3.63) is 52.9 Å². The van der Waals surface area contributed by atoms with E-state index < -0.39 is 10.0 Å². The van der Waals surface area contributed by atoms with Crippen molar-refractivity contribution in [3.8, 4) is 0 Å². The fraction of sp³-hybridized carbons (Fsp3) is 0.421. The molecule has 2 fully saturated rings. The summed E-state index contributed by atoms with van der Waals surface area (Å²) in [5.41, 5.74) is 1.16. The highest BCUT2D eigenvalue weighted by molar-refractivity contribution is 7.91. The number of hydrogen-bond acceptors (Lipinski definition) is 4. The van der Waals surface area contributed by atoms with E-state index in [1.165, 1.54) is 6.07 Å². The third kappa shape index (κ3) is 3.84. The minimum absolute atomic E-state index is 0.0692. The summed E-state index contributed by atoms with van der Waals surface area (Å²) in [6.45, 7) is 0. The maximum absolute atomic E-state index is 12.6. The van der Waals surface area contributed by atoms with E-state index in [1.807, 2.05) is 30.3 Å². The topological polar surface area (TPSA) is 75.3 Å². The highest BCUT2D eigenvalue weighted by Gasteiger charge is 2.41. The van der Waals surface area contributed by atoms with Gasteiger partial charge >= 0.3 is 0 Å². The Kier molecular flexibility index (Phi) is 4.86. The van der Waals surface area contributed by atoms with Crippen LogP contribution in [0.1, 0.15) is 53.3 Å². The summed E-state index contributed by atoms with van der Waals surface area (Å²) in [7, 11) is -3.59. The van der Waals surface area contributed by atoms with E-state index in [0.717, 1.165) is 49.0 Å². The number of hydrogen-bond donors (Lipinski definition) is 2. The minimum Gasteiger partial charge on any atom is -0.349 e. The molecule has 2 N–H and O–H groups in total. The molecule has 0 aliphatic heterocycles. The first-order valence-corrected chi connectivity index (χ1v) is 11.3. The molecule has 0 bridgehead atoms. The molecule has 2 aliphatic carbocycles. The summed E-state index contributed by atoms with van der Waals surface area (Å²) >= 11 is 1.04. The van der Waals surface area contributed by atoms with Gasteiger partial charge in [-0.1, -0.05) is 43.2 Å². The van der Waals surface area contributed by atoms with Gasteiger partial charge in [-0.25, -0.2) is 13.1 Å². The van der Waals surface area contributed by atoms with Crippen molar-refractivity contribution in [2.45, 2.75) is 54.3 Å². The third-order valence-electron chi connectivity index (χ3n) is 5.09. The third-order valence-corrected chi connectivity index (χ3v) is 8.15. The van der Waals surface area contributed by atoms with Crippen LogP contribution in [-0.2, 0) is 10.0 Å². The number of amides is 1. The second-order valence-corrected chi connectivity index (χ2v) is 10.1. The molecule has 1 heterocycles. The smallest absolute Gasteiger partial charge is 0.261 e. The molecule has 1 aromatic heterocycles. The van der Waals surface area contributed by atoms with Crippen molar-refractivity contribution in [3.63, 3.8) is 0 Å². The van der Waals surface area contributed by atoms with Crippen LogP contribution in [0.2, 0.25) is 0 Å². The van der Waals surface area contributed by atoms with Crippen molar-refractivity contribution >= 4 is 27.3 Å². The maximum Gasteiger partial charge on any atom is 0.261 e. The molecule has 2 saturated carbocycles. The monoisotopic (exact) mass is 390 g/mol. The van der Waals surface area contributed by atoms with Crippen molar-refractivity contribution in [1.82, 2.24) is 10.0 Å². The van der Waals surface area contributed by atoms with Crippen molar-refractivity contribution in [2.24, 2.45) is 0 Å². The Hall–Kier alpha value is -1.70. The molecule has 5 nitrogen and oxygen atoms in total. The SMILES string of the molecule is O=C(NC1CCCC1)c1ccc(S(=O)(=O)N[C@@H]2C[C@H]2c2ccccc2)s1. The Morgan fingerprint density at radius 3 is 2.50 bits per heavy atom. The molecular formula is C19H22N2O3S2. The molecule has 2 aliphatic rings. The number of rotatable bonds is 6. The normalized spacial score (nSPS) is 23.1. The predicted molar refractivity (Wildman–Crippen MR) is 102 cm³/mol. The average molecular weight is 391 g/mol. The average Bonchev–Trinajstić information content (AvgIpc) is 3.05. The van der Waals surface area contributed by atoms with Gasteiger partial charge in [0.25, 0.3) is 5.91 Å². The summed E-state index contributed by atoms with van der Waals surface area (Å²) in [4.78, 5) is 12.7. The van der Waals surface area contributed by atoms with E-state index >= 15 is 0 Å². The molecule has 0 spiro atoms. The molecule has 7 heteroatoms. The lowest BCUT2D eigenvalue weighted by molar-refractivity contribution is 0.0942. The van der Waals surface area contributed by atoms with Crippen molar-refractivity contribution in [2.75, 3.05) is 0 Å². The van der Waals surface area contributed by atoms with Crippen LogP contribution in [0.15, 0.2) is 46.7 Å². The Morgan fingerprint density at radius 1 is 1.04 bits per heavy atom. The van der Waals surface area contributed by atoms with Crippen LogP contribution < -0.4 is 10.0 Å². The van der Waals surface area contributed by atoms with Gasteiger partial charge in [-0.05, 0) is 37.0 Å². The Bertz CT molecular complexity index is 887. The van der Waals surface area contributed by atoms with Gasteiger partial charge in [0.15, 0.2) is 0 Å². The van der Waals surface area contributed by atoms with Gasteiger partial charge in [0.05, 0.1) is 4.88 Å². The van der Waals surface area contributed by atoms with Crippen LogP contribution in [0.5, 0.6) is 0 Å². The molecular weight excluding hydrogens is 368 g/mol. The molecule has 0 saturated heterocycles. The number of thiophene rings is 1. The standard InChI is InChI=1S/C19H22N2O3S2/c22-19(20-14-8-4-5-9-14)17-10-11-18(25-17)26(23,24)21-16-12-15(16)13-6-2-1-3-7-13/h1-3,6-7,10-11,14-16,21H,4-5,8-9,12H2,(H,20,22)/t15-,16+/m0/s1. The van der Waals surface area contributed by atoms with Gasteiger partial charge in [0.1, 0.15) is 4.21 Å². The predicted octanol–water partition coefficient (Wildman–Crippen LogP) is 3.25. The lowest BCUT2D eigenvalue weighted by Crippen LogP contribution is -2.32. The molecule has 4 rings (SSSR count). The zero-order valence-electron chi connectivity index (χ0n) is 14.4. The van der Waals surface area contributed by atoms with Crippen molar-refractivity contribution < 1.29 is 13.2 Å². The highest BCUT2D eigenvalue weighted by atomic mass is 32.2. The highest BCUT2D eigenvalue weighted by Crippen LogP contribution is 2.41. The Morgan fingerprint density at radius 2 is 1.77 bits per heavy atom. The summed E-state index contributed by atoms with van der Waals surface area (Å²) < 4.78 is 28.2. The first-order valence-electron chi connectivity index (χ1n) is 9.01. The number of sulfonamides is 1. The van der Waals surface area contributed by atoms with Gasteiger partial charge in [0.2, 0.25) is 10.0 Å². The van der Waals surface area contributed by atoms with Crippen LogP contribution in [0, 0.1) is 0 Å². The van der Waals surface area contributed by atoms with Crippen LogP contribution in [0.3, 0.4) is 0 Å². The minimum atomic E-state index is -3.59. The van der Waals surface area contributed by atoms with Crippen molar-refractivity contribution in [1.29, 1.82) is 0 Å². The Labute approximate surface area is 157 Å². The number of benzene rings is 1. The van der Waals surface area contributed by atoms with Gasteiger partial charge in [-0.2, -0.15) is 0 Å². The first kappa shape index (κ1) is 17.7. The molecule has 2 aromatic rings. The molecule has 0 unspecified atom stereocenters. The molecule has 138 valence electrons. The van der Waals surface area contributed by atoms with Gasteiger partial charge in [0, 0.05) is 18.0 Å². The van der Waals surface area contributed by atoms with E-state index in [1.54, 1.807) is 6.07 Å². The first-order chi connectivity index (χ1) is 12.5.